The number of hydrogen-bond donors (Lipinski definition) is 1. The Kier molecular flexibility index (Phi) is 5.22. The Labute approximate surface area is 173 Å². The van der Waals surface area contributed by atoms with Crippen LogP contribution in [0.25, 0.3) is 10.9 Å². The van der Waals surface area contributed by atoms with Crippen LogP contribution in [0.15, 0.2) is 53.3 Å². The normalized spacial score (nSPS) is 16.1. The lowest BCUT2D eigenvalue weighted by Gasteiger charge is -2.22. The molecule has 1 aromatic heterocycles. The largest absolute Gasteiger partial charge is 0.495 e. The number of carbonyl (C=O) groups excluding carboxylic acids is 2. The molecule has 8 heteroatoms. The number of amides is 2. The molecule has 2 heterocycles. The van der Waals surface area contributed by atoms with Gasteiger partial charge in [0.1, 0.15) is 11.6 Å². The average molecular weight is 406 g/mol. The Hall–Kier alpha value is -3.68. The van der Waals surface area contributed by atoms with Crippen LogP contribution in [0.3, 0.4) is 0 Å². The highest BCUT2D eigenvalue weighted by atomic mass is 16.5. The summed E-state index contributed by atoms with van der Waals surface area (Å²) in [6, 6.07) is 14.3. The fraction of sp³-hybridized carbons (Fsp3) is 0.273. The Morgan fingerprint density at radius 2 is 1.93 bits per heavy atom. The zero-order valence-electron chi connectivity index (χ0n) is 16.8. The second-order valence-electron chi connectivity index (χ2n) is 7.30. The summed E-state index contributed by atoms with van der Waals surface area (Å²) in [7, 11) is 3.20. The minimum Gasteiger partial charge on any atom is -0.495 e. The number of methoxy groups -OCH3 is 1. The maximum Gasteiger partial charge on any atom is 0.258 e. The molecule has 1 aliphatic heterocycles. The molecule has 2 aromatic carbocycles. The quantitative estimate of drug-likeness (QED) is 0.699. The van der Waals surface area contributed by atoms with Crippen LogP contribution in [0, 0.1) is 5.92 Å². The second-order valence-corrected chi connectivity index (χ2v) is 7.30. The van der Waals surface area contributed by atoms with Gasteiger partial charge in [0.05, 0.1) is 36.2 Å². The maximum absolute atomic E-state index is 13.0. The van der Waals surface area contributed by atoms with Crippen LogP contribution < -0.4 is 15.2 Å². The topological polar surface area (TPSA) is 95.6 Å². The van der Waals surface area contributed by atoms with Crippen LogP contribution in [0.1, 0.15) is 12.2 Å². The van der Waals surface area contributed by atoms with Crippen LogP contribution in [-0.2, 0) is 16.1 Å². The van der Waals surface area contributed by atoms with Crippen molar-refractivity contribution in [3.8, 4) is 5.75 Å². The number of fused-ring (bicyclic) bond motifs is 1. The number of anilines is 1. The molecule has 30 heavy (non-hydrogen) atoms. The van der Waals surface area contributed by atoms with Gasteiger partial charge < -0.3 is 19.5 Å². The molecule has 1 saturated heterocycles. The first-order valence-corrected chi connectivity index (χ1v) is 9.64. The summed E-state index contributed by atoms with van der Waals surface area (Å²) in [6.45, 7) is 0.433. The lowest BCUT2D eigenvalue weighted by molar-refractivity contribution is -0.135. The Balaban J connectivity index is 1.50. The molecular weight excluding hydrogens is 384 g/mol. The highest BCUT2D eigenvalue weighted by Gasteiger charge is 2.37. The summed E-state index contributed by atoms with van der Waals surface area (Å²) in [5.74, 6) is 0.227. The van der Waals surface area contributed by atoms with E-state index in [4.69, 9.17) is 4.74 Å². The summed E-state index contributed by atoms with van der Waals surface area (Å²) in [4.78, 5) is 48.0. The maximum atomic E-state index is 13.0. The van der Waals surface area contributed by atoms with Gasteiger partial charge in [0.2, 0.25) is 11.8 Å². The number of ether oxygens (including phenoxy) is 1. The van der Waals surface area contributed by atoms with Gasteiger partial charge in [-0.15, -0.1) is 0 Å². The summed E-state index contributed by atoms with van der Waals surface area (Å²) in [6.07, 6.45) is 0.128. The molecule has 0 saturated carbocycles. The molecule has 1 aliphatic rings. The van der Waals surface area contributed by atoms with Gasteiger partial charge in [-0.25, -0.2) is 4.98 Å². The van der Waals surface area contributed by atoms with Gasteiger partial charge in [0.25, 0.3) is 5.56 Å². The molecule has 0 unspecified atom stereocenters. The van der Waals surface area contributed by atoms with E-state index in [1.54, 1.807) is 49.4 Å². The van der Waals surface area contributed by atoms with Crippen molar-refractivity contribution in [3.63, 3.8) is 0 Å². The summed E-state index contributed by atoms with van der Waals surface area (Å²) in [5.41, 5.74) is 0.994. The van der Waals surface area contributed by atoms with Crippen molar-refractivity contribution in [2.45, 2.75) is 13.0 Å². The van der Waals surface area contributed by atoms with Gasteiger partial charge in [-0.05, 0) is 24.3 Å². The molecule has 1 fully saturated rings. The van der Waals surface area contributed by atoms with Crippen LogP contribution in [-0.4, -0.2) is 47.4 Å². The summed E-state index contributed by atoms with van der Waals surface area (Å²) < 4.78 is 5.34. The van der Waals surface area contributed by atoms with E-state index in [-0.39, 0.29) is 36.9 Å². The Bertz CT molecular complexity index is 1170. The van der Waals surface area contributed by atoms with E-state index in [0.717, 1.165) is 0 Å². The van der Waals surface area contributed by atoms with Crippen LogP contribution in [0.2, 0.25) is 0 Å². The highest BCUT2D eigenvalue weighted by Crippen LogP contribution is 2.33. The van der Waals surface area contributed by atoms with Crippen LogP contribution in [0.5, 0.6) is 5.75 Å². The average Bonchev–Trinajstić information content (AvgIpc) is 3.14. The second kappa shape index (κ2) is 7.98. The number of aromatic amines is 1. The van der Waals surface area contributed by atoms with Gasteiger partial charge in [-0.2, -0.15) is 0 Å². The molecule has 0 aliphatic carbocycles. The number of hydrogen-bond acceptors (Lipinski definition) is 5. The molecular formula is C22H22N4O4. The van der Waals surface area contributed by atoms with E-state index < -0.39 is 5.92 Å². The SMILES string of the molecule is COc1ccccc1N1C[C@@H](C(=O)N(C)Cc2nc3ccccc3c(=O)[nH]2)CC1=O. The first kappa shape index (κ1) is 19.6. The van der Waals surface area contributed by atoms with E-state index in [1.165, 1.54) is 4.90 Å². The van der Waals surface area contributed by atoms with Gasteiger partial charge in [-0.3, -0.25) is 14.4 Å². The third kappa shape index (κ3) is 3.63. The number of nitrogens with one attached hydrogen (secondary N) is 1. The van der Waals surface area contributed by atoms with Crippen molar-refractivity contribution in [1.29, 1.82) is 0 Å². The van der Waals surface area contributed by atoms with E-state index in [1.807, 2.05) is 18.2 Å². The molecule has 0 spiro atoms. The molecule has 154 valence electrons. The standard InChI is InChI=1S/C22H22N4O4/c1-25(13-19-23-16-8-4-3-7-15(16)21(28)24-19)22(29)14-11-20(27)26(12-14)17-9-5-6-10-18(17)30-2/h3-10,14H,11-13H2,1-2H3,(H,23,24,28)/t14-/m0/s1. The molecule has 1 N–H and O–H groups in total. The number of nitrogens with zero attached hydrogens (tertiary/aromatic N) is 3. The molecule has 0 radical (unpaired) electrons. The van der Waals surface area contributed by atoms with Crippen molar-refractivity contribution in [1.82, 2.24) is 14.9 Å². The molecule has 3 aromatic rings. The van der Waals surface area contributed by atoms with Crippen molar-refractivity contribution >= 4 is 28.4 Å². The third-order valence-electron chi connectivity index (χ3n) is 5.28. The first-order valence-electron chi connectivity index (χ1n) is 9.64. The van der Waals surface area contributed by atoms with Crippen molar-refractivity contribution < 1.29 is 14.3 Å². The Morgan fingerprint density at radius 3 is 2.73 bits per heavy atom. The third-order valence-corrected chi connectivity index (χ3v) is 5.28. The molecule has 0 bridgehead atoms. The highest BCUT2D eigenvalue weighted by molar-refractivity contribution is 6.01. The first-order chi connectivity index (χ1) is 14.5. The van der Waals surface area contributed by atoms with Crippen molar-refractivity contribution in [3.05, 3.63) is 64.7 Å². The smallest absolute Gasteiger partial charge is 0.258 e. The fourth-order valence-electron chi connectivity index (χ4n) is 3.78. The van der Waals surface area contributed by atoms with Crippen LogP contribution in [0.4, 0.5) is 5.69 Å². The van der Waals surface area contributed by atoms with Gasteiger partial charge in [0, 0.05) is 20.0 Å². The van der Waals surface area contributed by atoms with Crippen molar-refractivity contribution in [2.75, 3.05) is 25.6 Å². The Morgan fingerprint density at radius 1 is 1.20 bits per heavy atom. The molecule has 4 rings (SSSR count). The number of aromatic nitrogens is 2. The number of benzene rings is 2. The van der Waals surface area contributed by atoms with Gasteiger partial charge in [0.15, 0.2) is 0 Å². The lowest BCUT2D eigenvalue weighted by Crippen LogP contribution is -2.35. The van der Waals surface area contributed by atoms with E-state index in [9.17, 15) is 14.4 Å². The van der Waals surface area contributed by atoms with Gasteiger partial charge >= 0.3 is 0 Å². The number of carbonyl (C=O) groups is 2. The van der Waals surface area contributed by atoms with Crippen LogP contribution >= 0.6 is 0 Å². The minimum atomic E-state index is -0.473. The fourth-order valence-corrected chi connectivity index (χ4v) is 3.78. The molecule has 8 nitrogen and oxygen atoms in total. The summed E-state index contributed by atoms with van der Waals surface area (Å²) in [5, 5.41) is 0.504. The zero-order chi connectivity index (χ0) is 21.3. The molecule has 2 amide bonds. The predicted molar refractivity (Wildman–Crippen MR) is 112 cm³/mol. The monoisotopic (exact) mass is 406 g/mol. The number of rotatable bonds is 5. The number of H-pyrrole nitrogens is 1. The van der Waals surface area contributed by atoms with Crippen molar-refractivity contribution in [2.24, 2.45) is 5.92 Å². The molecule has 1 atom stereocenters. The van der Waals surface area contributed by atoms with E-state index in [0.29, 0.717) is 28.2 Å². The van der Waals surface area contributed by atoms with E-state index in [2.05, 4.69) is 9.97 Å². The lowest BCUT2D eigenvalue weighted by atomic mass is 10.1. The van der Waals surface area contributed by atoms with Gasteiger partial charge in [-0.1, -0.05) is 24.3 Å². The van der Waals surface area contributed by atoms with E-state index >= 15 is 0 Å². The minimum absolute atomic E-state index is 0.122. The number of para-hydroxylation sites is 3. The summed E-state index contributed by atoms with van der Waals surface area (Å²) >= 11 is 0. The zero-order valence-corrected chi connectivity index (χ0v) is 16.8. The predicted octanol–water partition coefficient (Wildman–Crippen LogP) is 1.94.